The molecule has 36 heavy (non-hydrogen) atoms. The van der Waals surface area contributed by atoms with Gasteiger partial charge in [0.2, 0.25) is 17.7 Å². The summed E-state index contributed by atoms with van der Waals surface area (Å²) in [7, 11) is 0. The molecule has 0 saturated carbocycles. The number of carboxylic acid groups (broad SMARTS) is 1. The predicted octanol–water partition coefficient (Wildman–Crippen LogP) is 0.274. The average molecular weight is 509 g/mol. The molecule has 0 spiro atoms. The summed E-state index contributed by atoms with van der Waals surface area (Å²) in [6, 6.07) is 1.37. The molecule has 0 fully saturated rings. The second-order valence-electron chi connectivity index (χ2n) is 9.92. The molecule has 0 aliphatic carbocycles. The monoisotopic (exact) mass is 508 g/mol. The highest BCUT2D eigenvalue weighted by Gasteiger charge is 2.32. The van der Waals surface area contributed by atoms with Crippen LogP contribution in [0.2, 0.25) is 0 Å². The van der Waals surface area contributed by atoms with Gasteiger partial charge in [0.15, 0.2) is 6.04 Å². The normalized spacial score (nSPS) is 15.5. The zero-order chi connectivity index (χ0) is 27.6. The number of hydrogen-bond donors (Lipinski definition) is 7. The van der Waals surface area contributed by atoms with Gasteiger partial charge in [-0.05, 0) is 49.3 Å². The van der Waals surface area contributed by atoms with Gasteiger partial charge in [-0.2, -0.15) is 0 Å². The molecule has 0 radical (unpaired) electrons. The third-order valence-corrected chi connectivity index (χ3v) is 5.46. The van der Waals surface area contributed by atoms with E-state index in [4.69, 9.17) is 5.73 Å². The molecule has 3 amide bonds. The SMILES string of the molecule is CC(C)CC(N)C(=O)NC(CC(C)C)C(=O)NC(Cc1ccc(O)cc1)C(=O)NC(C(=O)O)C(C)O. The van der Waals surface area contributed by atoms with Crippen molar-refractivity contribution in [1.29, 1.82) is 0 Å². The fraction of sp³-hybridized carbons (Fsp3) is 0.600. The standard InChI is InChI=1S/C25H40N4O7/c1-13(2)10-18(26)22(32)27-19(11-14(3)4)23(33)28-20(12-16-6-8-17(31)9-7-16)24(34)29-21(15(5)30)25(35)36/h6-9,13-15,18-21,30-31H,10-12,26H2,1-5H3,(H,27,32)(H,28,33)(H,29,34)(H,35,36). The number of phenolic OH excluding ortho intramolecular Hbond substituents is 1. The maximum atomic E-state index is 13.2. The van der Waals surface area contributed by atoms with Gasteiger partial charge in [0, 0.05) is 6.42 Å². The fourth-order valence-electron chi connectivity index (χ4n) is 3.59. The lowest BCUT2D eigenvalue weighted by Gasteiger charge is -2.27. The van der Waals surface area contributed by atoms with Crippen LogP contribution in [0.25, 0.3) is 0 Å². The third-order valence-electron chi connectivity index (χ3n) is 5.46. The average Bonchev–Trinajstić information content (AvgIpc) is 2.76. The molecule has 1 aromatic rings. The fourth-order valence-corrected chi connectivity index (χ4v) is 3.59. The molecule has 11 heteroatoms. The van der Waals surface area contributed by atoms with E-state index in [1.54, 1.807) is 12.1 Å². The minimum absolute atomic E-state index is 0.0151. The van der Waals surface area contributed by atoms with E-state index in [0.29, 0.717) is 12.0 Å². The Bertz CT molecular complexity index is 887. The zero-order valence-corrected chi connectivity index (χ0v) is 21.5. The number of aromatic hydroxyl groups is 1. The lowest BCUT2D eigenvalue weighted by Crippen LogP contribution is -2.59. The maximum absolute atomic E-state index is 13.2. The zero-order valence-electron chi connectivity index (χ0n) is 21.5. The van der Waals surface area contributed by atoms with E-state index in [1.807, 2.05) is 27.7 Å². The Labute approximate surface area is 211 Å². The first kappa shape index (κ1) is 30.9. The van der Waals surface area contributed by atoms with E-state index in [-0.39, 0.29) is 30.4 Å². The molecule has 11 nitrogen and oxygen atoms in total. The van der Waals surface area contributed by atoms with Crippen LogP contribution in [-0.2, 0) is 25.6 Å². The molecular weight excluding hydrogens is 468 g/mol. The van der Waals surface area contributed by atoms with Crippen molar-refractivity contribution in [2.45, 2.75) is 84.2 Å². The lowest BCUT2D eigenvalue weighted by molar-refractivity contribution is -0.145. The van der Waals surface area contributed by atoms with E-state index in [9.17, 15) is 34.5 Å². The van der Waals surface area contributed by atoms with Crippen molar-refractivity contribution in [3.63, 3.8) is 0 Å². The summed E-state index contributed by atoms with van der Waals surface area (Å²) in [6.07, 6.45) is -0.694. The van der Waals surface area contributed by atoms with Crippen LogP contribution in [0.15, 0.2) is 24.3 Å². The minimum atomic E-state index is -1.59. The minimum Gasteiger partial charge on any atom is -0.508 e. The largest absolute Gasteiger partial charge is 0.508 e. The third kappa shape index (κ3) is 10.6. The summed E-state index contributed by atoms with van der Waals surface area (Å²) < 4.78 is 0. The Morgan fingerprint density at radius 3 is 1.78 bits per heavy atom. The number of carbonyl (C=O) groups excluding carboxylic acids is 3. The number of aliphatic hydroxyl groups excluding tert-OH is 1. The van der Waals surface area contributed by atoms with Gasteiger partial charge >= 0.3 is 5.97 Å². The molecule has 5 atom stereocenters. The van der Waals surface area contributed by atoms with Crippen LogP contribution >= 0.6 is 0 Å². The van der Waals surface area contributed by atoms with Crippen LogP contribution in [-0.4, -0.2) is 69.3 Å². The first-order valence-corrected chi connectivity index (χ1v) is 12.1. The number of carboxylic acids is 1. The number of amides is 3. The molecule has 8 N–H and O–H groups in total. The number of nitrogens with two attached hydrogens (primary N) is 1. The summed E-state index contributed by atoms with van der Waals surface area (Å²) >= 11 is 0. The highest BCUT2D eigenvalue weighted by atomic mass is 16.4. The van der Waals surface area contributed by atoms with Gasteiger partial charge in [-0.3, -0.25) is 14.4 Å². The van der Waals surface area contributed by atoms with Gasteiger partial charge in [0.1, 0.15) is 17.8 Å². The predicted molar refractivity (Wildman–Crippen MR) is 134 cm³/mol. The Kier molecular flexibility index (Phi) is 12.3. The van der Waals surface area contributed by atoms with E-state index in [0.717, 1.165) is 0 Å². The van der Waals surface area contributed by atoms with Crippen LogP contribution in [0.1, 0.15) is 53.0 Å². The first-order chi connectivity index (χ1) is 16.7. The maximum Gasteiger partial charge on any atom is 0.328 e. The quantitative estimate of drug-likeness (QED) is 0.186. The van der Waals surface area contributed by atoms with Crippen molar-refractivity contribution in [3.8, 4) is 5.75 Å². The van der Waals surface area contributed by atoms with E-state index in [1.165, 1.54) is 19.1 Å². The molecule has 0 aromatic heterocycles. The number of phenols is 1. The molecule has 0 saturated heterocycles. The molecule has 202 valence electrons. The highest BCUT2D eigenvalue weighted by Crippen LogP contribution is 2.13. The summed E-state index contributed by atoms with van der Waals surface area (Å²) in [6.45, 7) is 8.83. The number of aliphatic hydroxyl groups is 1. The van der Waals surface area contributed by atoms with Gasteiger partial charge in [0.25, 0.3) is 0 Å². The number of aliphatic carboxylic acids is 1. The summed E-state index contributed by atoms with van der Waals surface area (Å²) in [4.78, 5) is 50.3. The number of carbonyl (C=O) groups is 4. The van der Waals surface area contributed by atoms with Crippen LogP contribution in [0.4, 0.5) is 0 Å². The van der Waals surface area contributed by atoms with Crippen molar-refractivity contribution >= 4 is 23.7 Å². The first-order valence-electron chi connectivity index (χ1n) is 12.1. The van der Waals surface area contributed by atoms with Crippen LogP contribution in [0.5, 0.6) is 5.75 Å². The van der Waals surface area contributed by atoms with Crippen LogP contribution < -0.4 is 21.7 Å². The Balaban J connectivity index is 3.15. The smallest absolute Gasteiger partial charge is 0.328 e. The molecule has 1 aromatic carbocycles. The number of benzene rings is 1. The van der Waals surface area contributed by atoms with Crippen LogP contribution in [0.3, 0.4) is 0 Å². The number of nitrogens with one attached hydrogen (secondary N) is 3. The molecule has 1 rings (SSSR count). The van der Waals surface area contributed by atoms with Crippen molar-refractivity contribution in [1.82, 2.24) is 16.0 Å². The van der Waals surface area contributed by atoms with Crippen molar-refractivity contribution < 1.29 is 34.5 Å². The lowest BCUT2D eigenvalue weighted by atomic mass is 9.99. The Hall–Kier alpha value is -3.18. The summed E-state index contributed by atoms with van der Waals surface area (Å²) in [5.74, 6) is -3.15. The summed E-state index contributed by atoms with van der Waals surface area (Å²) in [5, 5.41) is 36.1. The number of hydrogen-bond acceptors (Lipinski definition) is 7. The Morgan fingerprint density at radius 1 is 0.806 bits per heavy atom. The highest BCUT2D eigenvalue weighted by molar-refractivity contribution is 5.94. The van der Waals surface area contributed by atoms with E-state index >= 15 is 0 Å². The van der Waals surface area contributed by atoms with E-state index < -0.39 is 54.0 Å². The van der Waals surface area contributed by atoms with Gasteiger partial charge in [-0.25, -0.2) is 4.79 Å². The van der Waals surface area contributed by atoms with E-state index in [2.05, 4.69) is 16.0 Å². The molecule has 0 aliphatic rings. The van der Waals surface area contributed by atoms with Crippen molar-refractivity contribution in [3.05, 3.63) is 29.8 Å². The second kappa shape index (κ2) is 14.4. The van der Waals surface area contributed by atoms with Crippen molar-refractivity contribution in [2.75, 3.05) is 0 Å². The summed E-state index contributed by atoms with van der Waals surface area (Å²) in [5.41, 5.74) is 6.55. The van der Waals surface area contributed by atoms with Gasteiger partial charge in [-0.1, -0.05) is 39.8 Å². The van der Waals surface area contributed by atoms with Gasteiger partial charge < -0.3 is 37.0 Å². The van der Waals surface area contributed by atoms with Crippen molar-refractivity contribution in [2.24, 2.45) is 17.6 Å². The molecular formula is C25H40N4O7. The topological polar surface area (TPSA) is 191 Å². The van der Waals surface area contributed by atoms with Gasteiger partial charge in [-0.15, -0.1) is 0 Å². The van der Waals surface area contributed by atoms with Gasteiger partial charge in [0.05, 0.1) is 12.1 Å². The molecule has 0 bridgehead atoms. The molecule has 0 heterocycles. The van der Waals surface area contributed by atoms with Crippen LogP contribution in [0, 0.1) is 11.8 Å². The second-order valence-corrected chi connectivity index (χ2v) is 9.92. The Morgan fingerprint density at radius 2 is 1.31 bits per heavy atom. The number of rotatable bonds is 14. The molecule has 5 unspecified atom stereocenters. The molecule has 0 aliphatic heterocycles.